The van der Waals surface area contributed by atoms with Crippen molar-refractivity contribution in [1.29, 1.82) is 0 Å². The highest BCUT2D eigenvalue weighted by Gasteiger charge is 2.23. The van der Waals surface area contributed by atoms with Gasteiger partial charge in [0.25, 0.3) is 11.4 Å². The summed E-state index contributed by atoms with van der Waals surface area (Å²) in [4.78, 5) is 31.1. The molecule has 1 fully saturated rings. The van der Waals surface area contributed by atoms with Crippen molar-refractivity contribution in [3.8, 4) is 11.6 Å². The van der Waals surface area contributed by atoms with Gasteiger partial charge >= 0.3 is 0 Å². The number of halogens is 1. The summed E-state index contributed by atoms with van der Waals surface area (Å²) in [5, 5.41) is 7.63. The number of carbonyl (C=O) groups excluding carboxylic acids is 1. The molecule has 2 aromatic heterocycles. The normalized spacial score (nSPS) is 13.8. The molecule has 0 unspecified atom stereocenters. The lowest BCUT2D eigenvalue weighted by atomic mass is 9.92. The van der Waals surface area contributed by atoms with Crippen LogP contribution in [0.15, 0.2) is 70.3 Å². The lowest BCUT2D eigenvalue weighted by molar-refractivity contribution is -0.125. The first-order valence-electron chi connectivity index (χ1n) is 12.4. The van der Waals surface area contributed by atoms with Crippen molar-refractivity contribution in [1.82, 2.24) is 14.7 Å². The Hall–Kier alpha value is -3.95. The highest BCUT2D eigenvalue weighted by Crippen LogP contribution is 2.27. The van der Waals surface area contributed by atoms with Crippen molar-refractivity contribution in [2.24, 2.45) is 5.92 Å². The van der Waals surface area contributed by atoms with Crippen LogP contribution in [0.5, 0.6) is 11.6 Å². The molecular formula is C28H27ClN4O5. The summed E-state index contributed by atoms with van der Waals surface area (Å²) in [5.41, 5.74) is 2.55. The Labute approximate surface area is 224 Å². The second-order valence-electron chi connectivity index (χ2n) is 9.20. The van der Waals surface area contributed by atoms with E-state index in [1.165, 1.54) is 12.5 Å². The molecule has 0 bridgehead atoms. The summed E-state index contributed by atoms with van der Waals surface area (Å²) >= 11 is 6.05. The minimum Gasteiger partial charge on any atom is -0.436 e. The number of nitrogens with one attached hydrogen (secondary N) is 1. The Bertz CT molecular complexity index is 1460. The zero-order chi connectivity index (χ0) is 26.5. The summed E-state index contributed by atoms with van der Waals surface area (Å²) in [6.07, 6.45) is 4.34. The lowest BCUT2D eigenvalue weighted by Crippen LogP contribution is -2.31. The minimum absolute atomic E-state index is 0.0456. The first kappa shape index (κ1) is 25.7. The fourth-order valence-corrected chi connectivity index (χ4v) is 4.49. The van der Waals surface area contributed by atoms with Gasteiger partial charge in [-0.15, -0.1) is 0 Å². The highest BCUT2D eigenvalue weighted by atomic mass is 35.5. The van der Waals surface area contributed by atoms with E-state index in [-0.39, 0.29) is 30.2 Å². The van der Waals surface area contributed by atoms with Gasteiger partial charge in [0.05, 0.1) is 6.54 Å². The summed E-state index contributed by atoms with van der Waals surface area (Å²) in [6.45, 7) is 3.30. The van der Waals surface area contributed by atoms with E-state index in [1.54, 1.807) is 28.8 Å². The number of hydrogen-bond donors (Lipinski definition) is 1. The summed E-state index contributed by atoms with van der Waals surface area (Å²) < 4.78 is 17.5. The van der Waals surface area contributed by atoms with Gasteiger partial charge in [0.2, 0.25) is 5.95 Å². The molecule has 196 valence electrons. The van der Waals surface area contributed by atoms with Crippen LogP contribution in [0.3, 0.4) is 0 Å². The molecule has 1 aliphatic rings. The summed E-state index contributed by atoms with van der Waals surface area (Å²) in [7, 11) is 0. The van der Waals surface area contributed by atoms with Crippen LogP contribution in [-0.2, 0) is 22.5 Å². The van der Waals surface area contributed by atoms with E-state index in [2.05, 4.69) is 15.5 Å². The van der Waals surface area contributed by atoms with Crippen molar-refractivity contribution >= 4 is 29.0 Å². The van der Waals surface area contributed by atoms with Crippen molar-refractivity contribution in [3.63, 3.8) is 0 Å². The number of benzene rings is 2. The molecule has 0 amide bonds. The van der Waals surface area contributed by atoms with Gasteiger partial charge in [-0.05, 0) is 66.4 Å². The smallest absolute Gasteiger partial charge is 0.259 e. The van der Waals surface area contributed by atoms with Gasteiger partial charge in [-0.2, -0.15) is 0 Å². The maximum absolute atomic E-state index is 13.6. The van der Waals surface area contributed by atoms with Crippen LogP contribution < -0.4 is 15.6 Å². The van der Waals surface area contributed by atoms with Crippen LogP contribution in [0.25, 0.3) is 0 Å². The molecular weight excluding hydrogens is 508 g/mol. The number of aryl methyl sites for hydroxylation is 1. The van der Waals surface area contributed by atoms with E-state index in [4.69, 9.17) is 25.6 Å². The van der Waals surface area contributed by atoms with Gasteiger partial charge in [-0.1, -0.05) is 23.7 Å². The molecule has 0 atom stereocenters. The van der Waals surface area contributed by atoms with Crippen LogP contribution in [0.2, 0.25) is 5.02 Å². The Morgan fingerprint density at radius 1 is 1.16 bits per heavy atom. The second-order valence-corrected chi connectivity index (χ2v) is 9.64. The number of hydrogen-bond acceptors (Lipinski definition) is 8. The third-order valence-corrected chi connectivity index (χ3v) is 6.73. The number of nitrogens with zero attached hydrogens (tertiary/aromatic N) is 3. The molecule has 0 radical (unpaired) electrons. The molecule has 0 aliphatic carbocycles. The summed E-state index contributed by atoms with van der Waals surface area (Å²) in [6, 6.07) is 14.4. The molecule has 3 heterocycles. The number of ketones is 1. The topological polar surface area (TPSA) is 108 Å². The number of rotatable bonds is 9. The minimum atomic E-state index is -0.263. The van der Waals surface area contributed by atoms with Gasteiger partial charge < -0.3 is 19.3 Å². The van der Waals surface area contributed by atoms with E-state index in [1.807, 2.05) is 31.2 Å². The van der Waals surface area contributed by atoms with Gasteiger partial charge in [-0.25, -0.2) is 4.98 Å². The zero-order valence-corrected chi connectivity index (χ0v) is 21.6. The maximum Gasteiger partial charge on any atom is 0.259 e. The first-order valence-corrected chi connectivity index (χ1v) is 12.7. The van der Waals surface area contributed by atoms with Crippen molar-refractivity contribution in [2.45, 2.75) is 32.7 Å². The maximum atomic E-state index is 13.6. The SMILES string of the molecule is Cc1cc(Nc2ncc(CC(=O)C3CCOCC3)c(=O)n2Cc2ccc(Cl)cc2)ccc1Oc1ccon1. The fraction of sp³-hybridized carbons (Fsp3) is 0.286. The predicted molar refractivity (Wildman–Crippen MR) is 142 cm³/mol. The average Bonchev–Trinajstić information content (AvgIpc) is 3.44. The van der Waals surface area contributed by atoms with E-state index < -0.39 is 0 Å². The molecule has 5 rings (SSSR count). The van der Waals surface area contributed by atoms with Crippen LogP contribution in [0.1, 0.15) is 29.5 Å². The number of ether oxygens (including phenoxy) is 2. The van der Waals surface area contributed by atoms with Crippen LogP contribution in [0.4, 0.5) is 11.6 Å². The Balaban J connectivity index is 1.42. The quantitative estimate of drug-likeness (QED) is 0.307. The lowest BCUT2D eigenvalue weighted by Gasteiger charge is -2.21. The number of Topliss-reactive ketones (excluding diaryl/α,β-unsaturated/α-hetero) is 1. The third-order valence-electron chi connectivity index (χ3n) is 6.47. The Morgan fingerprint density at radius 3 is 2.66 bits per heavy atom. The predicted octanol–water partition coefficient (Wildman–Crippen LogP) is 5.32. The van der Waals surface area contributed by atoms with E-state index in [9.17, 15) is 9.59 Å². The second kappa shape index (κ2) is 11.6. The third kappa shape index (κ3) is 6.12. The molecule has 10 heteroatoms. The van der Waals surface area contributed by atoms with Crippen LogP contribution >= 0.6 is 11.6 Å². The number of aromatic nitrogens is 3. The van der Waals surface area contributed by atoms with Crippen LogP contribution in [0, 0.1) is 12.8 Å². The molecule has 9 nitrogen and oxygen atoms in total. The zero-order valence-electron chi connectivity index (χ0n) is 20.9. The molecule has 38 heavy (non-hydrogen) atoms. The fourth-order valence-electron chi connectivity index (χ4n) is 4.36. The van der Waals surface area contributed by atoms with Crippen molar-refractivity contribution in [3.05, 3.63) is 93.1 Å². The van der Waals surface area contributed by atoms with Gasteiger partial charge in [0.15, 0.2) is 0 Å². The van der Waals surface area contributed by atoms with Gasteiger partial charge in [-0.3, -0.25) is 14.2 Å². The molecule has 1 N–H and O–H groups in total. The molecule has 4 aromatic rings. The Morgan fingerprint density at radius 2 is 1.95 bits per heavy atom. The van der Waals surface area contributed by atoms with E-state index in [0.29, 0.717) is 54.2 Å². The summed E-state index contributed by atoms with van der Waals surface area (Å²) in [5.74, 6) is 1.30. The van der Waals surface area contributed by atoms with Crippen molar-refractivity contribution < 1.29 is 18.8 Å². The molecule has 0 spiro atoms. The molecule has 2 aromatic carbocycles. The van der Waals surface area contributed by atoms with Gasteiger partial charge in [0.1, 0.15) is 17.8 Å². The average molecular weight is 535 g/mol. The monoisotopic (exact) mass is 534 g/mol. The van der Waals surface area contributed by atoms with Crippen LogP contribution in [-0.4, -0.2) is 33.7 Å². The van der Waals surface area contributed by atoms with E-state index >= 15 is 0 Å². The highest BCUT2D eigenvalue weighted by molar-refractivity contribution is 6.30. The molecule has 0 saturated carbocycles. The number of anilines is 2. The van der Waals surface area contributed by atoms with Gasteiger partial charge in [0, 0.05) is 54.1 Å². The van der Waals surface area contributed by atoms with Crippen molar-refractivity contribution in [2.75, 3.05) is 18.5 Å². The molecule has 1 aliphatic heterocycles. The molecule has 1 saturated heterocycles. The standard InChI is InChI=1S/C28H27ClN4O5/c1-18-14-23(6-7-25(18)38-26-10-13-37-32-26)31-28-30-16-21(15-24(34)20-8-11-36-12-9-20)27(35)33(28)17-19-2-4-22(29)5-3-19/h2-7,10,13-14,16,20H,8-9,11-12,15,17H2,1H3,(H,30,31). The first-order chi connectivity index (χ1) is 18.5. The largest absolute Gasteiger partial charge is 0.436 e. The number of carbonyl (C=O) groups is 1. The van der Waals surface area contributed by atoms with E-state index in [0.717, 1.165) is 16.8 Å². The Kier molecular flexibility index (Phi) is 7.86.